The number of fused-ring (bicyclic) bond motifs is 1. The lowest BCUT2D eigenvalue weighted by Gasteiger charge is -2.08. The fourth-order valence-corrected chi connectivity index (χ4v) is 4.48. The van der Waals surface area contributed by atoms with Crippen molar-refractivity contribution >= 4 is 57.7 Å². The molecule has 5 aromatic rings. The second-order valence-corrected chi connectivity index (χ2v) is 9.38. The molecule has 8 heteroatoms. The molecule has 36 heavy (non-hydrogen) atoms. The van der Waals surface area contributed by atoms with Gasteiger partial charge in [0.15, 0.2) is 5.58 Å². The minimum atomic E-state index is -0.251. The molecule has 4 aromatic carbocycles. The van der Waals surface area contributed by atoms with E-state index in [4.69, 9.17) is 16.0 Å². The predicted octanol–water partition coefficient (Wildman–Crippen LogP) is 7.13. The third-order valence-electron chi connectivity index (χ3n) is 5.26. The summed E-state index contributed by atoms with van der Waals surface area (Å²) in [5, 5.41) is 6.25. The van der Waals surface area contributed by atoms with Gasteiger partial charge in [0, 0.05) is 32.4 Å². The number of hydrogen-bond acceptors (Lipinski definition) is 5. The Kier molecular flexibility index (Phi) is 7.02. The molecule has 178 valence electrons. The van der Waals surface area contributed by atoms with Gasteiger partial charge in [-0.3, -0.25) is 9.59 Å². The van der Waals surface area contributed by atoms with E-state index in [0.717, 1.165) is 21.6 Å². The van der Waals surface area contributed by atoms with Crippen LogP contribution in [0.15, 0.2) is 106 Å². The number of benzene rings is 4. The lowest BCUT2D eigenvalue weighted by Crippen LogP contribution is -2.14. The normalized spacial score (nSPS) is 10.8. The van der Waals surface area contributed by atoms with Crippen molar-refractivity contribution in [3.05, 3.63) is 108 Å². The Morgan fingerprint density at radius 1 is 0.833 bits per heavy atom. The molecule has 0 radical (unpaired) electrons. The zero-order chi connectivity index (χ0) is 24.9. The topological polar surface area (TPSA) is 84.2 Å². The Bertz CT molecular complexity index is 1520. The average molecular weight is 514 g/mol. The van der Waals surface area contributed by atoms with Crippen molar-refractivity contribution in [3.63, 3.8) is 0 Å². The Balaban J connectivity index is 1.16. The highest BCUT2D eigenvalue weighted by Gasteiger charge is 2.10. The molecule has 0 aliphatic heterocycles. The molecule has 5 rings (SSSR count). The maximum absolute atomic E-state index is 12.5. The SMILES string of the molecule is O=C(CSc1cccc(NC(=O)c2cccc(Cl)c2)c1)Nc1ccc(-c2nc3ccccc3o2)cc1. The van der Waals surface area contributed by atoms with Crippen LogP contribution < -0.4 is 10.6 Å². The second kappa shape index (κ2) is 10.7. The number of carbonyl (C=O) groups is 2. The molecule has 0 saturated heterocycles. The minimum absolute atomic E-state index is 0.136. The van der Waals surface area contributed by atoms with E-state index >= 15 is 0 Å². The molecule has 0 bridgehead atoms. The van der Waals surface area contributed by atoms with Gasteiger partial charge < -0.3 is 15.1 Å². The first kappa shape index (κ1) is 23.7. The number of halogens is 1. The number of oxazole rings is 1. The standard InChI is InChI=1S/C28H20ClN3O3S/c29-20-6-3-5-19(15-20)27(34)31-22-7-4-8-23(16-22)36-17-26(33)30-21-13-11-18(12-14-21)28-32-24-9-1-2-10-25(24)35-28/h1-16H,17H2,(H,30,33)(H,31,34). The maximum Gasteiger partial charge on any atom is 0.255 e. The largest absolute Gasteiger partial charge is 0.436 e. The van der Waals surface area contributed by atoms with E-state index < -0.39 is 0 Å². The average Bonchev–Trinajstić information content (AvgIpc) is 3.33. The summed E-state index contributed by atoms with van der Waals surface area (Å²) in [6.45, 7) is 0. The Labute approximate surface area is 216 Å². The zero-order valence-corrected chi connectivity index (χ0v) is 20.5. The van der Waals surface area contributed by atoms with Gasteiger partial charge in [0.1, 0.15) is 5.52 Å². The van der Waals surface area contributed by atoms with Crippen molar-refractivity contribution in [2.24, 2.45) is 0 Å². The van der Waals surface area contributed by atoms with Crippen molar-refractivity contribution in [2.45, 2.75) is 4.90 Å². The highest BCUT2D eigenvalue weighted by atomic mass is 35.5. The van der Waals surface area contributed by atoms with Crippen molar-refractivity contribution in [1.82, 2.24) is 4.98 Å². The summed E-state index contributed by atoms with van der Waals surface area (Å²) >= 11 is 7.35. The summed E-state index contributed by atoms with van der Waals surface area (Å²) in [6.07, 6.45) is 0. The number of rotatable bonds is 7. The van der Waals surface area contributed by atoms with Crippen molar-refractivity contribution in [1.29, 1.82) is 0 Å². The Morgan fingerprint density at radius 3 is 2.44 bits per heavy atom. The lowest BCUT2D eigenvalue weighted by atomic mass is 10.2. The van der Waals surface area contributed by atoms with Gasteiger partial charge in [0.05, 0.1) is 5.75 Å². The van der Waals surface area contributed by atoms with Gasteiger partial charge in [-0.1, -0.05) is 35.9 Å². The molecule has 2 amide bonds. The van der Waals surface area contributed by atoms with E-state index in [-0.39, 0.29) is 17.6 Å². The number of hydrogen-bond donors (Lipinski definition) is 2. The number of thioether (sulfide) groups is 1. The van der Waals surface area contributed by atoms with E-state index in [9.17, 15) is 9.59 Å². The van der Waals surface area contributed by atoms with E-state index in [1.54, 1.807) is 30.3 Å². The van der Waals surface area contributed by atoms with Gasteiger partial charge in [-0.05, 0) is 72.8 Å². The quantitative estimate of drug-likeness (QED) is 0.226. The lowest BCUT2D eigenvalue weighted by molar-refractivity contribution is -0.113. The Hall–Kier alpha value is -4.07. The summed E-state index contributed by atoms with van der Waals surface area (Å²) in [5.74, 6) is 0.368. The molecule has 1 aromatic heterocycles. The molecule has 0 atom stereocenters. The molecule has 0 spiro atoms. The van der Waals surface area contributed by atoms with Crippen LogP contribution in [0.5, 0.6) is 0 Å². The van der Waals surface area contributed by atoms with Gasteiger partial charge in [-0.25, -0.2) is 4.98 Å². The molecule has 0 saturated carbocycles. The zero-order valence-electron chi connectivity index (χ0n) is 18.9. The van der Waals surface area contributed by atoms with Crippen LogP contribution in [0.25, 0.3) is 22.6 Å². The van der Waals surface area contributed by atoms with Crippen LogP contribution in [0.2, 0.25) is 5.02 Å². The van der Waals surface area contributed by atoms with Crippen LogP contribution >= 0.6 is 23.4 Å². The fourth-order valence-electron chi connectivity index (χ4n) is 3.53. The van der Waals surface area contributed by atoms with Gasteiger partial charge in [0.2, 0.25) is 11.8 Å². The molecule has 1 heterocycles. The van der Waals surface area contributed by atoms with Crippen LogP contribution in [0.3, 0.4) is 0 Å². The molecular weight excluding hydrogens is 494 g/mol. The van der Waals surface area contributed by atoms with Gasteiger partial charge in [-0.2, -0.15) is 0 Å². The minimum Gasteiger partial charge on any atom is -0.436 e. The van der Waals surface area contributed by atoms with Crippen molar-refractivity contribution < 1.29 is 14.0 Å². The van der Waals surface area contributed by atoms with E-state index in [2.05, 4.69) is 15.6 Å². The molecule has 0 fully saturated rings. The predicted molar refractivity (Wildman–Crippen MR) is 145 cm³/mol. The second-order valence-electron chi connectivity index (χ2n) is 7.89. The van der Waals surface area contributed by atoms with Crippen LogP contribution in [0, 0.1) is 0 Å². The summed E-state index contributed by atoms with van der Waals surface area (Å²) in [6, 6.07) is 29.1. The first-order valence-corrected chi connectivity index (χ1v) is 12.5. The number of nitrogens with zero attached hydrogens (tertiary/aromatic N) is 1. The van der Waals surface area contributed by atoms with Crippen LogP contribution in [0.1, 0.15) is 10.4 Å². The number of anilines is 2. The fraction of sp³-hybridized carbons (Fsp3) is 0.0357. The molecule has 6 nitrogen and oxygen atoms in total. The van der Waals surface area contributed by atoms with E-state index in [0.29, 0.717) is 27.9 Å². The number of amides is 2. The summed E-state index contributed by atoms with van der Waals surface area (Å²) in [4.78, 5) is 30.3. The number of aromatic nitrogens is 1. The monoisotopic (exact) mass is 513 g/mol. The van der Waals surface area contributed by atoms with Crippen LogP contribution in [0.4, 0.5) is 11.4 Å². The summed E-state index contributed by atoms with van der Waals surface area (Å²) in [5.41, 5.74) is 4.16. The van der Waals surface area contributed by atoms with Crippen molar-refractivity contribution in [3.8, 4) is 11.5 Å². The molecule has 0 aliphatic carbocycles. The highest BCUT2D eigenvalue weighted by Crippen LogP contribution is 2.26. The smallest absolute Gasteiger partial charge is 0.255 e. The number of para-hydroxylation sites is 2. The van der Waals surface area contributed by atoms with Crippen LogP contribution in [-0.4, -0.2) is 22.6 Å². The van der Waals surface area contributed by atoms with E-state index in [1.165, 1.54) is 11.8 Å². The first-order chi connectivity index (χ1) is 17.5. The molecule has 0 aliphatic rings. The molecule has 2 N–H and O–H groups in total. The molecular formula is C28H20ClN3O3S. The first-order valence-electron chi connectivity index (χ1n) is 11.1. The number of nitrogens with one attached hydrogen (secondary N) is 2. The van der Waals surface area contributed by atoms with E-state index in [1.807, 2.05) is 66.7 Å². The van der Waals surface area contributed by atoms with Gasteiger partial charge >= 0.3 is 0 Å². The summed E-state index contributed by atoms with van der Waals surface area (Å²) < 4.78 is 5.79. The van der Waals surface area contributed by atoms with Crippen molar-refractivity contribution in [2.75, 3.05) is 16.4 Å². The number of carbonyl (C=O) groups excluding carboxylic acids is 2. The molecule has 0 unspecified atom stereocenters. The van der Waals surface area contributed by atoms with Gasteiger partial charge in [0.25, 0.3) is 5.91 Å². The highest BCUT2D eigenvalue weighted by molar-refractivity contribution is 8.00. The third kappa shape index (κ3) is 5.76. The van der Waals surface area contributed by atoms with Crippen LogP contribution in [-0.2, 0) is 4.79 Å². The summed E-state index contributed by atoms with van der Waals surface area (Å²) in [7, 11) is 0. The third-order valence-corrected chi connectivity index (χ3v) is 6.49. The Morgan fingerprint density at radius 2 is 1.64 bits per heavy atom. The van der Waals surface area contributed by atoms with Gasteiger partial charge in [-0.15, -0.1) is 11.8 Å². The maximum atomic E-state index is 12.5.